The number of primary amides is 1. The molecule has 138 valence electrons. The smallest absolute Gasteiger partial charge is 0.244 e. The highest BCUT2D eigenvalue weighted by molar-refractivity contribution is 5.86. The lowest BCUT2D eigenvalue weighted by molar-refractivity contribution is -0.113. The molecule has 0 unspecified atom stereocenters. The molecule has 0 fully saturated rings. The van der Waals surface area contributed by atoms with Crippen molar-refractivity contribution in [1.29, 1.82) is 0 Å². The molecule has 3 N–H and O–H groups in total. The zero-order valence-electron chi connectivity index (χ0n) is 14.0. The number of nitrogens with zero attached hydrogens (tertiary/aromatic N) is 1. The molecule has 2 aromatic rings. The van der Waals surface area contributed by atoms with Gasteiger partial charge in [-0.05, 0) is 36.2 Å². The number of amides is 1. The van der Waals surface area contributed by atoms with E-state index in [2.05, 4.69) is 4.98 Å². The van der Waals surface area contributed by atoms with Crippen molar-refractivity contribution in [3.8, 4) is 22.8 Å². The summed E-state index contributed by atoms with van der Waals surface area (Å²) in [5.74, 6) is -3.82. The zero-order chi connectivity index (χ0) is 19.1. The molecule has 0 aliphatic carbocycles. The van der Waals surface area contributed by atoms with E-state index in [1.807, 2.05) is 6.92 Å². The van der Waals surface area contributed by atoms with Crippen LogP contribution in [0.25, 0.3) is 11.1 Å². The summed E-state index contributed by atoms with van der Waals surface area (Å²) in [5.41, 5.74) is 5.52. The van der Waals surface area contributed by atoms with Crippen LogP contribution < -0.4 is 15.2 Å². The molecule has 0 atom stereocenters. The molecular formula is C18H18F2N2O4. The Morgan fingerprint density at radius 2 is 2.00 bits per heavy atom. The fourth-order valence-corrected chi connectivity index (χ4v) is 2.13. The first kappa shape index (κ1) is 19.2. The minimum absolute atomic E-state index is 0.225. The van der Waals surface area contributed by atoms with E-state index < -0.39 is 35.7 Å². The van der Waals surface area contributed by atoms with Crippen molar-refractivity contribution < 1.29 is 28.2 Å². The standard InChI is InChI=1S/C18H18F2N2O4/c1-2-6-25-18-13(4-3-5-22-18)11-7-14(19)17(15(20)8-11)26-10-12(23)9-16(21)24/h3-5,7-9,23H,2,6,10H2,1H3,(H2,21,24)/b12-9-. The Hall–Kier alpha value is -3.16. The molecule has 0 aliphatic rings. The van der Waals surface area contributed by atoms with Gasteiger partial charge in [0.25, 0.3) is 0 Å². The first-order valence-electron chi connectivity index (χ1n) is 7.81. The summed E-state index contributed by atoms with van der Waals surface area (Å²) in [6, 6.07) is 5.40. The van der Waals surface area contributed by atoms with E-state index in [1.165, 1.54) is 6.20 Å². The van der Waals surface area contributed by atoms with E-state index >= 15 is 0 Å². The van der Waals surface area contributed by atoms with Gasteiger partial charge in [-0.3, -0.25) is 4.79 Å². The number of nitrogens with two attached hydrogens (primary N) is 1. The second-order valence-electron chi connectivity index (χ2n) is 5.30. The highest BCUT2D eigenvalue weighted by Crippen LogP contribution is 2.33. The number of benzene rings is 1. The number of carbonyl (C=O) groups is 1. The zero-order valence-corrected chi connectivity index (χ0v) is 14.0. The van der Waals surface area contributed by atoms with Crippen molar-refractivity contribution in [2.45, 2.75) is 13.3 Å². The minimum Gasteiger partial charge on any atom is -0.508 e. The molecule has 0 saturated carbocycles. The fraction of sp³-hybridized carbons (Fsp3) is 0.222. The molecule has 8 heteroatoms. The third kappa shape index (κ3) is 4.92. The van der Waals surface area contributed by atoms with E-state index in [1.54, 1.807) is 12.1 Å². The highest BCUT2D eigenvalue weighted by atomic mass is 19.1. The van der Waals surface area contributed by atoms with Crippen LogP contribution in [0.4, 0.5) is 8.78 Å². The quantitative estimate of drug-likeness (QED) is 0.554. The number of hydrogen-bond acceptors (Lipinski definition) is 5. The van der Waals surface area contributed by atoms with Crippen LogP contribution in [0.15, 0.2) is 42.3 Å². The van der Waals surface area contributed by atoms with Gasteiger partial charge in [-0.2, -0.15) is 0 Å². The van der Waals surface area contributed by atoms with Crippen molar-refractivity contribution in [2.24, 2.45) is 5.73 Å². The normalized spacial score (nSPS) is 11.3. The van der Waals surface area contributed by atoms with E-state index in [-0.39, 0.29) is 11.4 Å². The summed E-state index contributed by atoms with van der Waals surface area (Å²) in [7, 11) is 0. The van der Waals surface area contributed by atoms with Crippen LogP contribution in [-0.2, 0) is 4.79 Å². The number of hydrogen-bond donors (Lipinski definition) is 2. The Morgan fingerprint density at radius 1 is 1.31 bits per heavy atom. The summed E-state index contributed by atoms with van der Waals surface area (Å²) in [5, 5.41) is 9.38. The number of aliphatic hydroxyl groups is 1. The van der Waals surface area contributed by atoms with Crippen molar-refractivity contribution >= 4 is 5.91 Å². The van der Waals surface area contributed by atoms with Crippen LogP contribution in [0.3, 0.4) is 0 Å². The topological polar surface area (TPSA) is 94.7 Å². The Labute approximate surface area is 148 Å². The number of halogens is 2. The second kappa shape index (κ2) is 8.80. The van der Waals surface area contributed by atoms with Gasteiger partial charge >= 0.3 is 0 Å². The van der Waals surface area contributed by atoms with Crippen molar-refractivity contribution in [1.82, 2.24) is 4.98 Å². The number of aliphatic hydroxyl groups excluding tert-OH is 1. The average molecular weight is 364 g/mol. The van der Waals surface area contributed by atoms with E-state index in [0.29, 0.717) is 18.2 Å². The molecule has 1 aromatic carbocycles. The third-order valence-electron chi connectivity index (χ3n) is 3.20. The molecule has 6 nitrogen and oxygen atoms in total. The minimum atomic E-state index is -0.975. The summed E-state index contributed by atoms with van der Waals surface area (Å²) < 4.78 is 38.9. The lowest BCUT2D eigenvalue weighted by Gasteiger charge is -2.12. The number of ether oxygens (including phenoxy) is 2. The predicted octanol–water partition coefficient (Wildman–Crippen LogP) is 3.12. The van der Waals surface area contributed by atoms with E-state index in [9.17, 15) is 18.7 Å². The maximum Gasteiger partial charge on any atom is 0.244 e. The van der Waals surface area contributed by atoms with E-state index in [4.69, 9.17) is 15.2 Å². The molecular weight excluding hydrogens is 346 g/mol. The van der Waals surface area contributed by atoms with Gasteiger partial charge in [0, 0.05) is 17.8 Å². The molecule has 0 radical (unpaired) electrons. The number of aromatic nitrogens is 1. The van der Waals surface area contributed by atoms with Gasteiger partial charge in [-0.25, -0.2) is 13.8 Å². The average Bonchev–Trinajstić information content (AvgIpc) is 2.58. The second-order valence-corrected chi connectivity index (χ2v) is 5.30. The van der Waals surface area contributed by atoms with Crippen molar-refractivity contribution in [2.75, 3.05) is 13.2 Å². The van der Waals surface area contributed by atoms with Gasteiger partial charge in [0.2, 0.25) is 11.8 Å². The molecule has 1 amide bonds. The van der Waals surface area contributed by atoms with Gasteiger partial charge < -0.3 is 20.3 Å². The van der Waals surface area contributed by atoms with Gasteiger partial charge in [0.15, 0.2) is 17.4 Å². The SMILES string of the molecule is CCCOc1ncccc1-c1cc(F)c(OC/C(O)=C/C(N)=O)c(F)c1. The Kier molecular flexibility index (Phi) is 6.48. The van der Waals surface area contributed by atoms with Crippen LogP contribution in [-0.4, -0.2) is 29.2 Å². The van der Waals surface area contributed by atoms with Gasteiger partial charge in [-0.1, -0.05) is 6.92 Å². The van der Waals surface area contributed by atoms with Gasteiger partial charge in [0.05, 0.1) is 6.61 Å². The number of carbonyl (C=O) groups excluding carboxylic acids is 1. The fourth-order valence-electron chi connectivity index (χ4n) is 2.13. The predicted molar refractivity (Wildman–Crippen MR) is 90.8 cm³/mol. The summed E-state index contributed by atoms with van der Waals surface area (Å²) >= 11 is 0. The number of rotatable bonds is 8. The molecule has 0 bridgehead atoms. The Morgan fingerprint density at radius 3 is 2.62 bits per heavy atom. The largest absolute Gasteiger partial charge is 0.508 e. The molecule has 1 heterocycles. The molecule has 0 saturated heterocycles. The molecule has 26 heavy (non-hydrogen) atoms. The van der Waals surface area contributed by atoms with E-state index in [0.717, 1.165) is 18.6 Å². The van der Waals surface area contributed by atoms with Crippen molar-refractivity contribution in [3.63, 3.8) is 0 Å². The summed E-state index contributed by atoms with van der Waals surface area (Å²) in [6.45, 7) is 1.74. The molecule has 0 aliphatic heterocycles. The van der Waals surface area contributed by atoms with Crippen LogP contribution >= 0.6 is 0 Å². The van der Waals surface area contributed by atoms with Crippen LogP contribution in [0.1, 0.15) is 13.3 Å². The number of pyridine rings is 1. The van der Waals surface area contributed by atoms with Gasteiger partial charge in [0.1, 0.15) is 12.4 Å². The van der Waals surface area contributed by atoms with Crippen LogP contribution in [0.2, 0.25) is 0 Å². The highest BCUT2D eigenvalue weighted by Gasteiger charge is 2.17. The first-order valence-corrected chi connectivity index (χ1v) is 7.81. The lowest BCUT2D eigenvalue weighted by atomic mass is 10.1. The lowest BCUT2D eigenvalue weighted by Crippen LogP contribution is -2.11. The Bertz CT molecular complexity index is 802. The molecule has 1 aromatic heterocycles. The third-order valence-corrected chi connectivity index (χ3v) is 3.20. The summed E-state index contributed by atoms with van der Waals surface area (Å²) in [4.78, 5) is 14.7. The van der Waals surface area contributed by atoms with Crippen molar-refractivity contribution in [3.05, 3.63) is 53.9 Å². The van der Waals surface area contributed by atoms with Gasteiger partial charge in [-0.15, -0.1) is 0 Å². The maximum atomic E-state index is 14.3. The van der Waals surface area contributed by atoms with Crippen LogP contribution in [0.5, 0.6) is 11.6 Å². The maximum absolute atomic E-state index is 14.3. The molecule has 0 spiro atoms. The van der Waals surface area contributed by atoms with Crippen LogP contribution in [0, 0.1) is 11.6 Å². The summed E-state index contributed by atoms with van der Waals surface area (Å²) in [6.07, 6.45) is 2.97. The Balaban J connectivity index is 2.28. The first-order chi connectivity index (χ1) is 12.4. The monoisotopic (exact) mass is 364 g/mol. The molecule has 2 rings (SSSR count).